The van der Waals surface area contributed by atoms with E-state index in [2.05, 4.69) is 0 Å². The van der Waals surface area contributed by atoms with Crippen LogP contribution in [0.2, 0.25) is 0 Å². The summed E-state index contributed by atoms with van der Waals surface area (Å²) in [5, 5.41) is 0. The number of fused-ring (bicyclic) bond motifs is 1. The lowest BCUT2D eigenvalue weighted by Gasteiger charge is -2.34. The number of carbonyl (C=O) groups excluding carboxylic acids is 1. The van der Waals surface area contributed by atoms with Gasteiger partial charge in [0.1, 0.15) is 0 Å². The highest BCUT2D eigenvalue weighted by Gasteiger charge is 2.31. The molecule has 5 nitrogen and oxygen atoms in total. The van der Waals surface area contributed by atoms with Gasteiger partial charge in [-0.1, -0.05) is 6.42 Å². The summed E-state index contributed by atoms with van der Waals surface area (Å²) in [4.78, 5) is 14.8. The van der Waals surface area contributed by atoms with Crippen molar-refractivity contribution in [2.24, 2.45) is 11.7 Å². The Kier molecular flexibility index (Phi) is 4.76. The van der Waals surface area contributed by atoms with Crippen molar-refractivity contribution in [1.82, 2.24) is 4.90 Å². The molecule has 23 heavy (non-hydrogen) atoms. The summed E-state index contributed by atoms with van der Waals surface area (Å²) >= 11 is 0. The van der Waals surface area contributed by atoms with Crippen LogP contribution in [0.15, 0.2) is 12.1 Å². The first-order valence-electron chi connectivity index (χ1n) is 8.40. The van der Waals surface area contributed by atoms with E-state index >= 15 is 0 Å². The maximum Gasteiger partial charge on any atom is 0.226 e. The highest BCUT2D eigenvalue weighted by molar-refractivity contribution is 5.79. The minimum atomic E-state index is 0.0976. The minimum absolute atomic E-state index is 0.0976. The van der Waals surface area contributed by atoms with Gasteiger partial charge in [-0.3, -0.25) is 4.79 Å². The molecule has 1 aliphatic carbocycles. The summed E-state index contributed by atoms with van der Waals surface area (Å²) < 4.78 is 10.7. The van der Waals surface area contributed by atoms with Gasteiger partial charge in [-0.15, -0.1) is 0 Å². The molecule has 1 heterocycles. The number of rotatable bonds is 3. The molecule has 0 radical (unpaired) electrons. The third-order valence-corrected chi connectivity index (χ3v) is 5.09. The van der Waals surface area contributed by atoms with Gasteiger partial charge in [-0.25, -0.2) is 0 Å². The average Bonchev–Trinajstić information content (AvgIpc) is 2.59. The monoisotopic (exact) mass is 318 g/mol. The lowest BCUT2D eigenvalue weighted by molar-refractivity contribution is -0.137. The molecule has 2 atom stereocenters. The van der Waals surface area contributed by atoms with Crippen molar-refractivity contribution in [2.75, 3.05) is 20.8 Å². The number of hydrogen-bond donors (Lipinski definition) is 1. The van der Waals surface area contributed by atoms with E-state index in [9.17, 15) is 4.79 Å². The lowest BCUT2D eigenvalue weighted by atomic mass is 9.84. The molecule has 1 aromatic rings. The molecule has 1 fully saturated rings. The number of ether oxygens (including phenoxy) is 2. The zero-order valence-electron chi connectivity index (χ0n) is 14.0. The molecule has 5 heteroatoms. The van der Waals surface area contributed by atoms with Crippen LogP contribution in [0.4, 0.5) is 0 Å². The second-order valence-electron chi connectivity index (χ2n) is 6.61. The molecule has 0 saturated heterocycles. The molecule has 126 valence electrons. The Balaban J connectivity index is 1.75. The van der Waals surface area contributed by atoms with Crippen molar-refractivity contribution in [1.29, 1.82) is 0 Å². The van der Waals surface area contributed by atoms with Crippen LogP contribution in [0.1, 0.15) is 36.8 Å². The SMILES string of the molecule is COc1cc2c(cc1OC)CN(C(=O)C1CCCC(N)C1)CC2. The second kappa shape index (κ2) is 6.79. The van der Waals surface area contributed by atoms with Gasteiger partial charge in [0.25, 0.3) is 0 Å². The zero-order valence-corrected chi connectivity index (χ0v) is 14.0. The van der Waals surface area contributed by atoms with E-state index in [1.54, 1.807) is 14.2 Å². The molecular formula is C18H26N2O3. The number of nitrogens with zero attached hydrogens (tertiary/aromatic N) is 1. The van der Waals surface area contributed by atoms with Crippen molar-refractivity contribution < 1.29 is 14.3 Å². The van der Waals surface area contributed by atoms with Gasteiger partial charge in [0, 0.05) is 25.0 Å². The van der Waals surface area contributed by atoms with E-state index in [0.29, 0.717) is 6.54 Å². The summed E-state index contributed by atoms with van der Waals surface area (Å²) in [7, 11) is 3.29. The van der Waals surface area contributed by atoms with Crippen LogP contribution in [0.5, 0.6) is 11.5 Å². The summed E-state index contributed by atoms with van der Waals surface area (Å²) in [6.45, 7) is 1.42. The standard InChI is InChI=1S/C18H26N2O3/c1-22-16-9-12-6-7-20(11-14(12)10-17(16)23-2)18(21)13-4-3-5-15(19)8-13/h9-10,13,15H,3-8,11,19H2,1-2H3. The third kappa shape index (κ3) is 3.29. The molecule has 2 N–H and O–H groups in total. The molecule has 3 rings (SSSR count). The number of benzene rings is 1. The van der Waals surface area contributed by atoms with Crippen LogP contribution in [-0.4, -0.2) is 37.6 Å². The maximum atomic E-state index is 12.8. The molecule has 1 saturated carbocycles. The van der Waals surface area contributed by atoms with E-state index in [1.165, 1.54) is 5.56 Å². The van der Waals surface area contributed by atoms with E-state index in [1.807, 2.05) is 17.0 Å². The Bertz CT molecular complexity index is 588. The fraction of sp³-hybridized carbons (Fsp3) is 0.611. The first-order valence-corrected chi connectivity index (χ1v) is 8.40. The Morgan fingerprint density at radius 3 is 2.52 bits per heavy atom. The van der Waals surface area contributed by atoms with Crippen LogP contribution in [0.25, 0.3) is 0 Å². The first-order chi connectivity index (χ1) is 11.1. The Labute approximate surface area is 137 Å². The molecule has 2 unspecified atom stereocenters. The van der Waals surface area contributed by atoms with Crippen molar-refractivity contribution in [3.05, 3.63) is 23.3 Å². The fourth-order valence-electron chi connectivity index (χ4n) is 3.78. The smallest absolute Gasteiger partial charge is 0.226 e. The summed E-state index contributed by atoms with van der Waals surface area (Å²) in [5.74, 6) is 1.84. The number of nitrogens with two attached hydrogens (primary N) is 1. The van der Waals surface area contributed by atoms with Gasteiger partial charge < -0.3 is 20.1 Å². The van der Waals surface area contributed by atoms with Crippen molar-refractivity contribution >= 4 is 5.91 Å². The number of hydrogen-bond acceptors (Lipinski definition) is 4. The van der Waals surface area contributed by atoms with Crippen LogP contribution >= 0.6 is 0 Å². The largest absolute Gasteiger partial charge is 0.493 e. The number of methoxy groups -OCH3 is 2. The lowest BCUT2D eigenvalue weighted by Crippen LogP contribution is -2.42. The number of amides is 1. The number of carbonyl (C=O) groups is 1. The van der Waals surface area contributed by atoms with Crippen LogP contribution in [0.3, 0.4) is 0 Å². The summed E-state index contributed by atoms with van der Waals surface area (Å²) in [5.41, 5.74) is 8.44. The quantitative estimate of drug-likeness (QED) is 0.927. The zero-order chi connectivity index (χ0) is 16.4. The molecule has 1 aromatic carbocycles. The molecule has 0 bridgehead atoms. The maximum absolute atomic E-state index is 12.8. The molecule has 0 aromatic heterocycles. The van der Waals surface area contributed by atoms with Crippen LogP contribution in [-0.2, 0) is 17.8 Å². The topological polar surface area (TPSA) is 64.8 Å². The van der Waals surface area contributed by atoms with Gasteiger partial charge in [-0.05, 0) is 48.9 Å². The van der Waals surface area contributed by atoms with Crippen LogP contribution < -0.4 is 15.2 Å². The van der Waals surface area contributed by atoms with Gasteiger partial charge in [0.15, 0.2) is 11.5 Å². The Morgan fingerprint density at radius 1 is 1.17 bits per heavy atom. The predicted octanol–water partition coefficient (Wildman–Crippen LogP) is 2.11. The normalized spacial score (nSPS) is 24.0. The highest BCUT2D eigenvalue weighted by Crippen LogP contribution is 2.34. The van der Waals surface area contributed by atoms with Crippen molar-refractivity contribution in [2.45, 2.75) is 44.7 Å². The van der Waals surface area contributed by atoms with E-state index in [0.717, 1.165) is 55.7 Å². The molecule has 2 aliphatic rings. The van der Waals surface area contributed by atoms with Crippen molar-refractivity contribution in [3.63, 3.8) is 0 Å². The van der Waals surface area contributed by atoms with Crippen molar-refractivity contribution in [3.8, 4) is 11.5 Å². The average molecular weight is 318 g/mol. The predicted molar refractivity (Wildman–Crippen MR) is 88.6 cm³/mol. The van der Waals surface area contributed by atoms with Gasteiger partial charge in [-0.2, -0.15) is 0 Å². The van der Waals surface area contributed by atoms with Crippen LogP contribution in [0, 0.1) is 5.92 Å². The molecule has 1 amide bonds. The Hall–Kier alpha value is -1.75. The van der Waals surface area contributed by atoms with E-state index < -0.39 is 0 Å². The molecular weight excluding hydrogens is 292 g/mol. The van der Waals surface area contributed by atoms with Gasteiger partial charge in [0.05, 0.1) is 14.2 Å². The summed E-state index contributed by atoms with van der Waals surface area (Å²) in [6, 6.07) is 4.21. The second-order valence-corrected chi connectivity index (χ2v) is 6.61. The molecule has 1 aliphatic heterocycles. The molecule has 0 spiro atoms. The van der Waals surface area contributed by atoms with Gasteiger partial charge >= 0.3 is 0 Å². The van der Waals surface area contributed by atoms with E-state index in [-0.39, 0.29) is 17.9 Å². The fourth-order valence-corrected chi connectivity index (χ4v) is 3.78. The minimum Gasteiger partial charge on any atom is -0.493 e. The van der Waals surface area contributed by atoms with E-state index in [4.69, 9.17) is 15.2 Å². The third-order valence-electron chi connectivity index (χ3n) is 5.09. The van der Waals surface area contributed by atoms with Gasteiger partial charge in [0.2, 0.25) is 5.91 Å². The summed E-state index contributed by atoms with van der Waals surface area (Å²) in [6.07, 6.45) is 4.77. The first kappa shape index (κ1) is 16.1. The highest BCUT2D eigenvalue weighted by atomic mass is 16.5. The Morgan fingerprint density at radius 2 is 1.87 bits per heavy atom.